The molecule has 0 fully saturated rings. The molecule has 21 heavy (non-hydrogen) atoms. The molecule has 1 aromatic heterocycles. The third-order valence-corrected chi connectivity index (χ3v) is 3.71. The molecule has 0 radical (unpaired) electrons. The summed E-state index contributed by atoms with van der Waals surface area (Å²) in [6, 6.07) is 0.758. The van der Waals surface area contributed by atoms with E-state index >= 15 is 0 Å². The number of hydrogen-bond donors (Lipinski definition) is 2. The molecule has 1 aromatic rings. The van der Waals surface area contributed by atoms with Gasteiger partial charge in [0, 0.05) is 12.7 Å². The van der Waals surface area contributed by atoms with Gasteiger partial charge in [-0.2, -0.15) is 5.10 Å². The minimum atomic E-state index is -0.978. The van der Waals surface area contributed by atoms with Crippen molar-refractivity contribution >= 4 is 11.9 Å². The van der Waals surface area contributed by atoms with Crippen LogP contribution in [0.2, 0.25) is 0 Å². The van der Waals surface area contributed by atoms with Crippen LogP contribution in [0.1, 0.15) is 55.6 Å². The van der Waals surface area contributed by atoms with E-state index < -0.39 is 12.0 Å². The summed E-state index contributed by atoms with van der Waals surface area (Å²) in [7, 11) is 0. The van der Waals surface area contributed by atoms with Crippen LogP contribution >= 0.6 is 0 Å². The van der Waals surface area contributed by atoms with E-state index in [1.54, 1.807) is 0 Å². The molecule has 114 valence electrons. The maximum absolute atomic E-state index is 11.9. The van der Waals surface area contributed by atoms with Gasteiger partial charge >= 0.3 is 5.97 Å². The van der Waals surface area contributed by atoms with Crippen molar-refractivity contribution in [3.63, 3.8) is 0 Å². The number of carbonyl (C=O) groups excluding carboxylic acids is 1. The fraction of sp³-hybridized carbons (Fsp3) is 0.533. The molecular formula is C15H21N3O3. The SMILES string of the molecule is CC(C(=O)O)n1ccc(C(=O)NCCC2=CCCCC2)n1. The lowest BCUT2D eigenvalue weighted by Crippen LogP contribution is -2.26. The third kappa shape index (κ3) is 4.18. The minimum Gasteiger partial charge on any atom is -0.480 e. The second-order valence-electron chi connectivity index (χ2n) is 5.31. The van der Waals surface area contributed by atoms with E-state index in [1.165, 1.54) is 42.3 Å². The van der Waals surface area contributed by atoms with Crippen LogP contribution in [0.4, 0.5) is 0 Å². The quantitative estimate of drug-likeness (QED) is 0.786. The summed E-state index contributed by atoms with van der Waals surface area (Å²) in [5.74, 6) is -1.24. The Balaban J connectivity index is 1.83. The van der Waals surface area contributed by atoms with E-state index in [0.29, 0.717) is 6.54 Å². The van der Waals surface area contributed by atoms with Crippen LogP contribution in [0.5, 0.6) is 0 Å². The van der Waals surface area contributed by atoms with Crippen molar-refractivity contribution in [3.8, 4) is 0 Å². The van der Waals surface area contributed by atoms with Gasteiger partial charge < -0.3 is 10.4 Å². The van der Waals surface area contributed by atoms with E-state index in [2.05, 4.69) is 16.5 Å². The van der Waals surface area contributed by atoms with Crippen molar-refractivity contribution in [2.24, 2.45) is 0 Å². The average molecular weight is 291 g/mol. The van der Waals surface area contributed by atoms with Gasteiger partial charge in [0.25, 0.3) is 5.91 Å². The zero-order valence-corrected chi connectivity index (χ0v) is 12.2. The van der Waals surface area contributed by atoms with Gasteiger partial charge in [0.05, 0.1) is 0 Å². The van der Waals surface area contributed by atoms with Crippen LogP contribution in [0, 0.1) is 0 Å². The summed E-state index contributed by atoms with van der Waals surface area (Å²) < 4.78 is 1.28. The second kappa shape index (κ2) is 7.06. The molecule has 0 aromatic carbocycles. The number of allylic oxidation sites excluding steroid dienone is 1. The molecule has 6 heteroatoms. The average Bonchev–Trinajstić information content (AvgIpc) is 2.97. The number of carboxylic acid groups (broad SMARTS) is 1. The van der Waals surface area contributed by atoms with Gasteiger partial charge in [0.2, 0.25) is 0 Å². The predicted molar refractivity (Wildman–Crippen MR) is 78.1 cm³/mol. The van der Waals surface area contributed by atoms with Crippen molar-refractivity contribution in [1.29, 1.82) is 0 Å². The molecule has 2 N–H and O–H groups in total. The molecular weight excluding hydrogens is 270 g/mol. The van der Waals surface area contributed by atoms with E-state index in [9.17, 15) is 9.59 Å². The van der Waals surface area contributed by atoms with Gasteiger partial charge in [-0.05, 0) is 45.1 Å². The fourth-order valence-electron chi connectivity index (χ4n) is 2.35. The van der Waals surface area contributed by atoms with Gasteiger partial charge in [0.1, 0.15) is 11.7 Å². The molecule has 1 aliphatic carbocycles. The standard InChI is InChI=1S/C15H21N3O3/c1-11(15(20)21)18-10-8-13(17-18)14(19)16-9-7-12-5-3-2-4-6-12/h5,8,10-11H,2-4,6-7,9H2,1H3,(H,16,19)(H,20,21). The molecule has 2 rings (SSSR count). The number of nitrogens with zero attached hydrogens (tertiary/aromatic N) is 2. The van der Waals surface area contributed by atoms with Gasteiger partial charge in [-0.3, -0.25) is 9.48 Å². The Morgan fingerprint density at radius 1 is 1.48 bits per heavy atom. The number of amides is 1. The van der Waals surface area contributed by atoms with E-state index in [-0.39, 0.29) is 11.6 Å². The normalized spacial score (nSPS) is 16.1. The van der Waals surface area contributed by atoms with Crippen molar-refractivity contribution in [2.75, 3.05) is 6.54 Å². The largest absolute Gasteiger partial charge is 0.480 e. The predicted octanol–water partition coefficient (Wildman–Crippen LogP) is 2.15. The first-order valence-corrected chi connectivity index (χ1v) is 7.32. The Morgan fingerprint density at radius 2 is 2.29 bits per heavy atom. The highest BCUT2D eigenvalue weighted by Crippen LogP contribution is 2.19. The lowest BCUT2D eigenvalue weighted by molar-refractivity contribution is -0.140. The molecule has 0 saturated carbocycles. The van der Waals surface area contributed by atoms with Gasteiger partial charge in [-0.25, -0.2) is 4.79 Å². The fourth-order valence-corrected chi connectivity index (χ4v) is 2.35. The number of aromatic nitrogens is 2. The number of aliphatic carboxylic acids is 1. The van der Waals surface area contributed by atoms with Gasteiger partial charge in [-0.1, -0.05) is 11.6 Å². The van der Waals surface area contributed by atoms with Crippen LogP contribution in [0.15, 0.2) is 23.9 Å². The molecule has 1 atom stereocenters. The first kappa shape index (κ1) is 15.3. The highest BCUT2D eigenvalue weighted by molar-refractivity contribution is 5.92. The van der Waals surface area contributed by atoms with Crippen LogP contribution in [-0.4, -0.2) is 33.3 Å². The molecule has 0 aliphatic heterocycles. The molecule has 1 heterocycles. The zero-order chi connectivity index (χ0) is 15.2. The monoisotopic (exact) mass is 291 g/mol. The third-order valence-electron chi connectivity index (χ3n) is 3.71. The molecule has 0 saturated heterocycles. The van der Waals surface area contributed by atoms with E-state index in [0.717, 1.165) is 19.3 Å². The summed E-state index contributed by atoms with van der Waals surface area (Å²) in [4.78, 5) is 22.8. The smallest absolute Gasteiger partial charge is 0.328 e. The molecule has 1 aliphatic rings. The summed E-state index contributed by atoms with van der Waals surface area (Å²) in [5.41, 5.74) is 1.66. The summed E-state index contributed by atoms with van der Waals surface area (Å²) in [5, 5.41) is 15.7. The molecule has 0 spiro atoms. The topological polar surface area (TPSA) is 84.2 Å². The zero-order valence-electron chi connectivity index (χ0n) is 12.2. The minimum absolute atomic E-state index is 0.251. The van der Waals surface area contributed by atoms with Crippen LogP contribution in [0.25, 0.3) is 0 Å². The van der Waals surface area contributed by atoms with Gasteiger partial charge in [-0.15, -0.1) is 0 Å². The van der Waals surface area contributed by atoms with Crippen molar-refractivity contribution < 1.29 is 14.7 Å². The Kier molecular flexibility index (Phi) is 5.14. The first-order chi connectivity index (χ1) is 10.1. The molecule has 1 amide bonds. The Labute approximate surface area is 123 Å². The van der Waals surface area contributed by atoms with Crippen LogP contribution in [-0.2, 0) is 4.79 Å². The molecule has 0 bridgehead atoms. The van der Waals surface area contributed by atoms with Crippen molar-refractivity contribution in [3.05, 3.63) is 29.6 Å². The highest BCUT2D eigenvalue weighted by atomic mass is 16.4. The number of carbonyl (C=O) groups is 2. The first-order valence-electron chi connectivity index (χ1n) is 7.32. The Bertz CT molecular complexity index is 548. The maximum Gasteiger partial charge on any atom is 0.328 e. The Hall–Kier alpha value is -2.11. The summed E-state index contributed by atoms with van der Waals surface area (Å²) in [6.07, 6.45) is 9.40. The van der Waals surface area contributed by atoms with Crippen LogP contribution < -0.4 is 5.32 Å². The lowest BCUT2D eigenvalue weighted by Gasteiger charge is -2.12. The van der Waals surface area contributed by atoms with Crippen LogP contribution in [0.3, 0.4) is 0 Å². The van der Waals surface area contributed by atoms with Crippen molar-refractivity contribution in [1.82, 2.24) is 15.1 Å². The van der Waals surface area contributed by atoms with E-state index in [1.807, 2.05) is 0 Å². The maximum atomic E-state index is 11.9. The molecule has 6 nitrogen and oxygen atoms in total. The molecule has 1 unspecified atom stereocenters. The number of hydrogen-bond acceptors (Lipinski definition) is 3. The summed E-state index contributed by atoms with van der Waals surface area (Å²) >= 11 is 0. The number of rotatable bonds is 6. The van der Waals surface area contributed by atoms with Crippen molar-refractivity contribution in [2.45, 2.75) is 45.1 Å². The number of carboxylic acids is 1. The summed E-state index contributed by atoms with van der Waals surface area (Å²) in [6.45, 7) is 2.11. The highest BCUT2D eigenvalue weighted by Gasteiger charge is 2.16. The van der Waals surface area contributed by atoms with E-state index in [4.69, 9.17) is 5.11 Å². The number of nitrogens with one attached hydrogen (secondary N) is 1. The Morgan fingerprint density at radius 3 is 2.95 bits per heavy atom. The second-order valence-corrected chi connectivity index (χ2v) is 5.31. The van der Waals surface area contributed by atoms with Gasteiger partial charge in [0.15, 0.2) is 0 Å². The lowest BCUT2D eigenvalue weighted by atomic mass is 9.97.